The topological polar surface area (TPSA) is 60.9 Å². The minimum absolute atomic E-state index is 0.0685. The van der Waals surface area contributed by atoms with Gasteiger partial charge in [-0.2, -0.15) is 17.5 Å². The highest BCUT2D eigenvalue weighted by Crippen LogP contribution is 2.41. The van der Waals surface area contributed by atoms with Crippen LogP contribution in [0.15, 0.2) is 45.8 Å². The summed E-state index contributed by atoms with van der Waals surface area (Å²) in [5, 5.41) is 0. The lowest BCUT2D eigenvalue weighted by Crippen LogP contribution is -2.49. The molecule has 0 aromatic heterocycles. The minimum Gasteiger partial charge on any atom is -0.369 e. The van der Waals surface area contributed by atoms with E-state index in [2.05, 4.69) is 15.9 Å². The van der Waals surface area contributed by atoms with E-state index >= 15 is 0 Å². The highest BCUT2D eigenvalue weighted by Gasteiger charge is 2.38. The molecular formula is C22H23BrF3N3O3S. The van der Waals surface area contributed by atoms with E-state index in [0.717, 1.165) is 17.7 Å². The molecule has 33 heavy (non-hydrogen) atoms. The van der Waals surface area contributed by atoms with Gasteiger partial charge in [-0.15, -0.1) is 0 Å². The molecule has 11 heteroatoms. The van der Waals surface area contributed by atoms with Gasteiger partial charge >= 0.3 is 6.18 Å². The van der Waals surface area contributed by atoms with Gasteiger partial charge in [0.1, 0.15) is 4.90 Å². The average Bonchev–Trinajstić information content (AvgIpc) is 3.08. The van der Waals surface area contributed by atoms with Crippen LogP contribution < -0.4 is 9.80 Å². The summed E-state index contributed by atoms with van der Waals surface area (Å²) in [5.74, 6) is -0.227. The molecule has 1 saturated heterocycles. The van der Waals surface area contributed by atoms with Gasteiger partial charge in [-0.25, -0.2) is 8.42 Å². The number of sulfonamides is 1. The Balaban J connectivity index is 1.60. The lowest BCUT2D eigenvalue weighted by atomic mass is 10.1. The van der Waals surface area contributed by atoms with Gasteiger partial charge in [0.25, 0.3) is 0 Å². The van der Waals surface area contributed by atoms with Crippen molar-refractivity contribution >= 4 is 43.2 Å². The summed E-state index contributed by atoms with van der Waals surface area (Å²) in [6.45, 7) is 4.04. The van der Waals surface area contributed by atoms with Crippen molar-refractivity contribution in [3.8, 4) is 0 Å². The van der Waals surface area contributed by atoms with Crippen LogP contribution in [0.3, 0.4) is 0 Å². The monoisotopic (exact) mass is 545 g/mol. The van der Waals surface area contributed by atoms with Crippen molar-refractivity contribution in [1.29, 1.82) is 0 Å². The molecule has 2 aliphatic rings. The molecule has 1 amide bonds. The molecule has 6 nitrogen and oxygen atoms in total. The lowest BCUT2D eigenvalue weighted by molar-refractivity contribution is -0.137. The maximum Gasteiger partial charge on any atom is 0.416 e. The first-order valence-corrected chi connectivity index (χ1v) is 12.7. The van der Waals surface area contributed by atoms with Crippen molar-refractivity contribution in [2.24, 2.45) is 0 Å². The summed E-state index contributed by atoms with van der Waals surface area (Å²) < 4.78 is 68.3. The van der Waals surface area contributed by atoms with Crippen molar-refractivity contribution in [1.82, 2.24) is 4.31 Å². The SMILES string of the molecule is CC(=O)N1c2c(cc(Br)cc2S(=O)(=O)N2CCN(c3cccc(C(F)(F)F)c3)CC2)C[C@@H]1C. The number of nitrogens with zero attached hydrogens (tertiary/aromatic N) is 3. The van der Waals surface area contributed by atoms with Gasteiger partial charge in [-0.1, -0.05) is 22.0 Å². The van der Waals surface area contributed by atoms with Crippen molar-refractivity contribution in [3.05, 3.63) is 52.0 Å². The zero-order valence-electron chi connectivity index (χ0n) is 18.1. The van der Waals surface area contributed by atoms with Crippen LogP contribution in [0.5, 0.6) is 0 Å². The Kier molecular flexibility index (Phi) is 6.25. The van der Waals surface area contributed by atoms with Crippen LogP contribution in [0.4, 0.5) is 24.5 Å². The van der Waals surface area contributed by atoms with Crippen molar-refractivity contribution in [3.63, 3.8) is 0 Å². The molecule has 0 spiro atoms. The van der Waals surface area contributed by atoms with Crippen LogP contribution in [-0.2, 0) is 27.4 Å². The highest BCUT2D eigenvalue weighted by atomic mass is 79.9. The van der Waals surface area contributed by atoms with Gasteiger partial charge in [-0.3, -0.25) is 4.79 Å². The molecule has 0 bridgehead atoms. The van der Waals surface area contributed by atoms with Crippen molar-refractivity contribution in [2.45, 2.75) is 37.4 Å². The first-order valence-electron chi connectivity index (χ1n) is 10.4. The number of piperazine rings is 1. The Morgan fingerprint density at radius 2 is 1.76 bits per heavy atom. The number of carbonyl (C=O) groups is 1. The zero-order chi connectivity index (χ0) is 24.1. The molecule has 1 atom stereocenters. The third kappa shape index (κ3) is 4.50. The van der Waals surface area contributed by atoms with Crippen molar-refractivity contribution in [2.75, 3.05) is 36.0 Å². The second-order valence-corrected chi connectivity index (χ2v) is 11.1. The number of benzene rings is 2. The number of halogens is 4. The third-order valence-corrected chi connectivity index (χ3v) is 8.42. The van der Waals surface area contributed by atoms with Crippen LogP contribution >= 0.6 is 15.9 Å². The second-order valence-electron chi connectivity index (χ2n) is 8.29. The quantitative estimate of drug-likeness (QED) is 0.577. The fourth-order valence-corrected chi connectivity index (χ4v) is 6.89. The number of fused-ring (bicyclic) bond motifs is 1. The number of hydrogen-bond donors (Lipinski definition) is 0. The predicted octanol–water partition coefficient (Wildman–Crippen LogP) is 4.28. The molecule has 2 heterocycles. The number of carbonyl (C=O) groups excluding carboxylic acids is 1. The molecule has 2 aromatic rings. The van der Waals surface area contributed by atoms with Gasteiger partial charge in [0.2, 0.25) is 15.9 Å². The summed E-state index contributed by atoms with van der Waals surface area (Å²) in [4.78, 5) is 15.6. The molecule has 4 rings (SSSR count). The van der Waals surface area contributed by atoms with Crippen molar-refractivity contribution < 1.29 is 26.4 Å². The smallest absolute Gasteiger partial charge is 0.369 e. The summed E-state index contributed by atoms with van der Waals surface area (Å²) in [6.07, 6.45) is -3.89. The molecule has 0 unspecified atom stereocenters. The summed E-state index contributed by atoms with van der Waals surface area (Å²) in [7, 11) is -3.93. The standard InChI is InChI=1S/C22H23BrF3N3O3S/c1-14-10-16-11-18(23)13-20(21(16)29(14)15(2)30)33(31,32)28-8-6-27(7-9-28)19-5-3-4-17(12-19)22(24,25)26/h3-5,11-14H,6-10H2,1-2H3/t14-/m0/s1. The molecule has 0 saturated carbocycles. The highest BCUT2D eigenvalue weighted by molar-refractivity contribution is 9.10. The predicted molar refractivity (Wildman–Crippen MR) is 123 cm³/mol. The average molecular weight is 546 g/mol. The molecule has 0 aliphatic carbocycles. The maximum atomic E-state index is 13.6. The van der Waals surface area contributed by atoms with Gasteiger partial charge in [0, 0.05) is 49.3 Å². The Morgan fingerprint density at radius 1 is 1.09 bits per heavy atom. The fourth-order valence-electron chi connectivity index (χ4n) is 4.56. The minimum atomic E-state index is -4.44. The summed E-state index contributed by atoms with van der Waals surface area (Å²) in [6, 6.07) is 8.23. The van der Waals surface area contributed by atoms with Gasteiger partial charge in [0.05, 0.1) is 11.3 Å². The van der Waals surface area contributed by atoms with Crippen LogP contribution in [0.25, 0.3) is 0 Å². The van der Waals surface area contributed by atoms with Crippen LogP contribution in [0, 0.1) is 0 Å². The maximum absolute atomic E-state index is 13.6. The number of alkyl halides is 3. The summed E-state index contributed by atoms with van der Waals surface area (Å²) in [5.41, 5.74) is 0.867. The first kappa shape index (κ1) is 24.0. The van der Waals surface area contributed by atoms with E-state index in [9.17, 15) is 26.4 Å². The third-order valence-electron chi connectivity index (χ3n) is 6.05. The molecule has 178 valence electrons. The molecule has 2 aliphatic heterocycles. The Morgan fingerprint density at radius 3 is 2.36 bits per heavy atom. The van der Waals surface area contributed by atoms with Crippen LogP contribution in [0.2, 0.25) is 0 Å². The number of hydrogen-bond acceptors (Lipinski definition) is 4. The lowest BCUT2D eigenvalue weighted by Gasteiger charge is -2.36. The molecule has 1 fully saturated rings. The first-order chi connectivity index (χ1) is 15.4. The van der Waals surface area contributed by atoms with E-state index < -0.39 is 21.8 Å². The fraction of sp³-hybridized carbons (Fsp3) is 0.409. The molecule has 0 N–H and O–H groups in total. The zero-order valence-corrected chi connectivity index (χ0v) is 20.5. The van der Waals surface area contributed by atoms with E-state index in [0.29, 0.717) is 22.3 Å². The number of amides is 1. The second kappa shape index (κ2) is 8.59. The van der Waals surface area contributed by atoms with Gasteiger partial charge in [0.15, 0.2) is 0 Å². The van der Waals surface area contributed by atoms with E-state index in [-0.39, 0.29) is 43.0 Å². The largest absolute Gasteiger partial charge is 0.416 e. The molecule has 2 aromatic carbocycles. The van der Waals surface area contributed by atoms with Crippen LogP contribution in [-0.4, -0.2) is 50.9 Å². The van der Waals surface area contributed by atoms with Crippen LogP contribution in [0.1, 0.15) is 25.0 Å². The van der Waals surface area contributed by atoms with Gasteiger partial charge in [-0.05, 0) is 49.2 Å². The van der Waals surface area contributed by atoms with E-state index in [1.54, 1.807) is 11.0 Å². The van der Waals surface area contributed by atoms with E-state index in [1.807, 2.05) is 13.0 Å². The number of anilines is 2. The Bertz CT molecular complexity index is 1200. The van der Waals surface area contributed by atoms with E-state index in [4.69, 9.17) is 0 Å². The van der Waals surface area contributed by atoms with E-state index in [1.165, 1.54) is 28.3 Å². The molecular weight excluding hydrogens is 523 g/mol. The Labute approximate surface area is 199 Å². The number of rotatable bonds is 3. The summed E-state index contributed by atoms with van der Waals surface area (Å²) >= 11 is 3.39. The Hall–Kier alpha value is -2.11. The van der Waals surface area contributed by atoms with Gasteiger partial charge < -0.3 is 9.80 Å². The normalized spacial score (nSPS) is 19.6. The molecule has 0 radical (unpaired) electrons.